The lowest BCUT2D eigenvalue weighted by Crippen LogP contribution is -2.14. The predicted molar refractivity (Wildman–Crippen MR) is 83.0 cm³/mol. The van der Waals surface area contributed by atoms with Crippen LogP contribution < -0.4 is 10.6 Å². The lowest BCUT2D eigenvalue weighted by atomic mass is 10.1. The summed E-state index contributed by atoms with van der Waals surface area (Å²) in [6.45, 7) is 6.42. The highest BCUT2D eigenvalue weighted by Gasteiger charge is 2.27. The van der Waals surface area contributed by atoms with Gasteiger partial charge >= 0.3 is 0 Å². The van der Waals surface area contributed by atoms with Crippen LogP contribution in [-0.4, -0.2) is 29.3 Å². The average Bonchev–Trinajstić information content (AvgIpc) is 3.26. The molecule has 4 nitrogen and oxygen atoms in total. The molecule has 1 fully saturated rings. The van der Waals surface area contributed by atoms with E-state index in [2.05, 4.69) is 34.4 Å². The zero-order chi connectivity index (χ0) is 13.7. The molecule has 1 aliphatic carbocycles. The van der Waals surface area contributed by atoms with Gasteiger partial charge in [0.1, 0.15) is 11.6 Å². The smallest absolute Gasteiger partial charge is 0.191 e. The molecule has 0 saturated heterocycles. The van der Waals surface area contributed by atoms with Crippen molar-refractivity contribution in [3.8, 4) is 0 Å². The van der Waals surface area contributed by atoms with Gasteiger partial charge in [0.05, 0.1) is 0 Å². The van der Waals surface area contributed by atoms with E-state index in [1.54, 1.807) is 11.8 Å². The van der Waals surface area contributed by atoms with Crippen molar-refractivity contribution in [2.45, 2.75) is 38.3 Å². The van der Waals surface area contributed by atoms with Crippen LogP contribution in [0.3, 0.4) is 0 Å². The molecule has 2 rings (SSSR count). The van der Waals surface area contributed by atoms with Crippen molar-refractivity contribution in [2.24, 2.45) is 11.8 Å². The van der Waals surface area contributed by atoms with Gasteiger partial charge in [0.2, 0.25) is 0 Å². The van der Waals surface area contributed by atoms with Crippen molar-refractivity contribution in [1.82, 2.24) is 9.97 Å². The van der Waals surface area contributed by atoms with E-state index in [-0.39, 0.29) is 0 Å². The SMILES string of the molecule is CCCNc1cc(NCC(C)C2CC2)nc(SC)n1. The Morgan fingerprint density at radius 2 is 2.00 bits per heavy atom. The van der Waals surface area contributed by atoms with Gasteiger partial charge < -0.3 is 10.6 Å². The number of thioether (sulfide) groups is 1. The number of aromatic nitrogens is 2. The zero-order valence-corrected chi connectivity index (χ0v) is 12.9. The molecule has 0 spiro atoms. The van der Waals surface area contributed by atoms with Crippen LogP contribution in [0.1, 0.15) is 33.1 Å². The van der Waals surface area contributed by atoms with Gasteiger partial charge in [0, 0.05) is 19.2 Å². The van der Waals surface area contributed by atoms with Gasteiger partial charge in [-0.2, -0.15) is 0 Å². The Balaban J connectivity index is 1.96. The number of hydrogen-bond donors (Lipinski definition) is 2. The maximum atomic E-state index is 4.51. The molecule has 0 bridgehead atoms. The van der Waals surface area contributed by atoms with Gasteiger partial charge in [-0.15, -0.1) is 0 Å². The third-order valence-electron chi connectivity index (χ3n) is 3.48. The number of hydrogen-bond acceptors (Lipinski definition) is 5. The van der Waals surface area contributed by atoms with Crippen LogP contribution in [-0.2, 0) is 0 Å². The third kappa shape index (κ3) is 4.56. The third-order valence-corrected chi connectivity index (χ3v) is 4.02. The Bertz CT molecular complexity index is 406. The van der Waals surface area contributed by atoms with Crippen LogP contribution in [0, 0.1) is 11.8 Å². The molecule has 0 aromatic carbocycles. The fourth-order valence-corrected chi connectivity index (χ4v) is 2.43. The van der Waals surface area contributed by atoms with Crippen molar-refractivity contribution in [1.29, 1.82) is 0 Å². The number of rotatable bonds is 8. The van der Waals surface area contributed by atoms with E-state index < -0.39 is 0 Å². The highest BCUT2D eigenvalue weighted by atomic mass is 32.2. The fourth-order valence-electron chi connectivity index (χ4n) is 2.05. The molecular weight excluding hydrogens is 256 g/mol. The molecule has 2 N–H and O–H groups in total. The van der Waals surface area contributed by atoms with Gasteiger partial charge in [-0.05, 0) is 37.4 Å². The number of anilines is 2. The molecule has 1 unspecified atom stereocenters. The van der Waals surface area contributed by atoms with Crippen molar-refractivity contribution < 1.29 is 0 Å². The van der Waals surface area contributed by atoms with Crippen LogP contribution in [0.4, 0.5) is 11.6 Å². The molecule has 0 radical (unpaired) electrons. The van der Waals surface area contributed by atoms with E-state index >= 15 is 0 Å². The Morgan fingerprint density at radius 1 is 1.32 bits per heavy atom. The van der Waals surface area contributed by atoms with E-state index in [1.807, 2.05) is 12.3 Å². The van der Waals surface area contributed by atoms with E-state index in [9.17, 15) is 0 Å². The molecule has 1 atom stereocenters. The quantitative estimate of drug-likeness (QED) is 0.564. The van der Waals surface area contributed by atoms with Crippen LogP contribution >= 0.6 is 11.8 Å². The second-order valence-corrected chi connectivity index (χ2v) is 6.02. The van der Waals surface area contributed by atoms with Gasteiger partial charge in [0.25, 0.3) is 0 Å². The highest BCUT2D eigenvalue weighted by Crippen LogP contribution is 2.36. The normalized spacial score (nSPS) is 16.2. The second-order valence-electron chi connectivity index (χ2n) is 5.25. The Labute approximate surface area is 120 Å². The van der Waals surface area contributed by atoms with Crippen LogP contribution in [0.2, 0.25) is 0 Å². The molecule has 1 aliphatic rings. The van der Waals surface area contributed by atoms with E-state index in [0.29, 0.717) is 0 Å². The summed E-state index contributed by atoms with van der Waals surface area (Å²) in [6.07, 6.45) is 5.90. The molecule has 5 heteroatoms. The lowest BCUT2D eigenvalue weighted by molar-refractivity contribution is 0.535. The van der Waals surface area contributed by atoms with Crippen LogP contribution in [0.15, 0.2) is 11.2 Å². The van der Waals surface area contributed by atoms with Gasteiger partial charge in [-0.1, -0.05) is 25.6 Å². The van der Waals surface area contributed by atoms with Crippen LogP contribution in [0.25, 0.3) is 0 Å². The molecule has 19 heavy (non-hydrogen) atoms. The fraction of sp³-hybridized carbons (Fsp3) is 0.714. The zero-order valence-electron chi connectivity index (χ0n) is 12.1. The van der Waals surface area contributed by atoms with Crippen molar-refractivity contribution in [3.63, 3.8) is 0 Å². The molecule has 0 amide bonds. The summed E-state index contributed by atoms with van der Waals surface area (Å²) in [6, 6.07) is 2.01. The molecule has 106 valence electrons. The van der Waals surface area contributed by atoms with Crippen molar-refractivity contribution >= 4 is 23.4 Å². The predicted octanol–water partition coefficient (Wildman–Crippen LogP) is 3.48. The topological polar surface area (TPSA) is 49.8 Å². The van der Waals surface area contributed by atoms with E-state index in [4.69, 9.17) is 0 Å². The summed E-state index contributed by atoms with van der Waals surface area (Å²) in [7, 11) is 0. The Kier molecular flexibility index (Phi) is 5.31. The van der Waals surface area contributed by atoms with Gasteiger partial charge in [0.15, 0.2) is 5.16 Å². The summed E-state index contributed by atoms with van der Waals surface area (Å²) < 4.78 is 0. The first kappa shape index (κ1) is 14.4. The maximum absolute atomic E-state index is 4.51. The van der Waals surface area contributed by atoms with Gasteiger partial charge in [-0.3, -0.25) is 0 Å². The average molecular weight is 280 g/mol. The summed E-state index contributed by atoms with van der Waals surface area (Å²) in [5.41, 5.74) is 0. The Morgan fingerprint density at radius 3 is 2.58 bits per heavy atom. The number of nitrogens with one attached hydrogen (secondary N) is 2. The van der Waals surface area contributed by atoms with E-state index in [0.717, 1.165) is 48.1 Å². The largest absolute Gasteiger partial charge is 0.370 e. The first-order chi connectivity index (χ1) is 9.22. The molecule has 1 aromatic rings. The summed E-state index contributed by atoms with van der Waals surface area (Å²) in [5, 5.41) is 7.60. The number of nitrogens with zero attached hydrogens (tertiary/aromatic N) is 2. The second kappa shape index (κ2) is 6.98. The van der Waals surface area contributed by atoms with Gasteiger partial charge in [-0.25, -0.2) is 9.97 Å². The minimum Gasteiger partial charge on any atom is -0.370 e. The highest BCUT2D eigenvalue weighted by molar-refractivity contribution is 7.98. The molecule has 0 aliphatic heterocycles. The first-order valence-electron chi connectivity index (χ1n) is 7.13. The lowest BCUT2D eigenvalue weighted by Gasteiger charge is -2.13. The molecule has 1 heterocycles. The summed E-state index contributed by atoms with van der Waals surface area (Å²) >= 11 is 1.58. The molecule has 1 aromatic heterocycles. The minimum absolute atomic E-state index is 0.736. The van der Waals surface area contributed by atoms with Crippen LogP contribution in [0.5, 0.6) is 0 Å². The summed E-state index contributed by atoms with van der Waals surface area (Å²) in [4.78, 5) is 8.98. The molecular formula is C14H24N4S. The maximum Gasteiger partial charge on any atom is 0.191 e. The van der Waals surface area contributed by atoms with E-state index in [1.165, 1.54) is 12.8 Å². The van der Waals surface area contributed by atoms with Crippen molar-refractivity contribution in [3.05, 3.63) is 6.07 Å². The van der Waals surface area contributed by atoms with Crippen molar-refractivity contribution in [2.75, 3.05) is 30.0 Å². The minimum atomic E-state index is 0.736. The Hall–Kier alpha value is -0.970. The first-order valence-corrected chi connectivity index (χ1v) is 8.36. The monoisotopic (exact) mass is 280 g/mol. The molecule has 1 saturated carbocycles. The standard InChI is InChI=1S/C14H24N4S/c1-4-7-15-12-8-13(18-14(17-12)19-3)16-9-10(2)11-5-6-11/h8,10-11H,4-7,9H2,1-3H3,(H2,15,16,17,18). The summed E-state index contributed by atoms with van der Waals surface area (Å²) in [5.74, 6) is 3.51.